The van der Waals surface area contributed by atoms with E-state index in [0.29, 0.717) is 24.5 Å². The van der Waals surface area contributed by atoms with E-state index in [1.54, 1.807) is 26.4 Å². The van der Waals surface area contributed by atoms with Crippen LogP contribution in [-0.4, -0.2) is 61.7 Å². The van der Waals surface area contributed by atoms with Gasteiger partial charge in [-0.05, 0) is 43.9 Å². The molecule has 0 spiro atoms. The summed E-state index contributed by atoms with van der Waals surface area (Å²) in [5.74, 6) is 0.459. The predicted molar refractivity (Wildman–Crippen MR) is 92.2 cm³/mol. The highest BCUT2D eigenvalue weighted by atomic mass is 19.1. The van der Waals surface area contributed by atoms with Crippen LogP contribution in [-0.2, 0) is 16.0 Å². The third kappa shape index (κ3) is 3.82. The second kappa shape index (κ2) is 7.99. The Hall–Kier alpha value is -1.21. The van der Waals surface area contributed by atoms with Crippen molar-refractivity contribution in [1.29, 1.82) is 0 Å². The van der Waals surface area contributed by atoms with Crippen molar-refractivity contribution in [3.05, 3.63) is 29.6 Å². The summed E-state index contributed by atoms with van der Waals surface area (Å²) in [6.07, 6.45) is 3.79. The zero-order chi connectivity index (χ0) is 17.9. The summed E-state index contributed by atoms with van der Waals surface area (Å²) in [7, 11) is 3.37. The molecule has 25 heavy (non-hydrogen) atoms. The molecule has 0 amide bonds. The average Bonchev–Trinajstić information content (AvgIpc) is 3.00. The number of halogens is 1. The van der Waals surface area contributed by atoms with E-state index >= 15 is 0 Å². The molecule has 2 fully saturated rings. The molecule has 2 aliphatic rings. The Morgan fingerprint density at radius 3 is 2.88 bits per heavy atom. The van der Waals surface area contributed by atoms with Crippen LogP contribution in [0.2, 0.25) is 0 Å². The van der Waals surface area contributed by atoms with Crippen LogP contribution in [0.5, 0.6) is 5.75 Å². The lowest BCUT2D eigenvalue weighted by Gasteiger charge is -2.43. The van der Waals surface area contributed by atoms with Crippen molar-refractivity contribution in [2.24, 2.45) is 0 Å². The van der Waals surface area contributed by atoms with Gasteiger partial charge >= 0.3 is 0 Å². The van der Waals surface area contributed by atoms with E-state index in [2.05, 4.69) is 4.90 Å². The van der Waals surface area contributed by atoms with E-state index in [0.717, 1.165) is 32.2 Å². The summed E-state index contributed by atoms with van der Waals surface area (Å²) in [5, 5.41) is 8.99. The summed E-state index contributed by atoms with van der Waals surface area (Å²) in [4.78, 5) is 2.30. The van der Waals surface area contributed by atoms with Gasteiger partial charge in [-0.1, -0.05) is 0 Å². The molecule has 1 saturated carbocycles. The van der Waals surface area contributed by atoms with Crippen LogP contribution in [0.15, 0.2) is 18.2 Å². The predicted octanol–water partition coefficient (Wildman–Crippen LogP) is 2.36. The lowest BCUT2D eigenvalue weighted by Crippen LogP contribution is -2.51. The number of methoxy groups -OCH3 is 2. The SMILES string of the molecule is COc1ccc(F)c(CN2CC[C@]3(OC)CCC(OCCO)CC23)c1. The third-order valence-electron chi connectivity index (χ3n) is 5.72. The maximum Gasteiger partial charge on any atom is 0.127 e. The number of rotatable bonds is 7. The fourth-order valence-electron chi connectivity index (χ4n) is 4.33. The molecule has 1 heterocycles. The Labute approximate surface area is 148 Å². The molecule has 2 unspecified atom stereocenters. The zero-order valence-corrected chi connectivity index (χ0v) is 15.0. The monoisotopic (exact) mass is 353 g/mol. The molecule has 6 heteroatoms. The van der Waals surface area contributed by atoms with Crippen LogP contribution < -0.4 is 4.74 Å². The number of fused-ring (bicyclic) bond motifs is 1. The van der Waals surface area contributed by atoms with Gasteiger partial charge in [0.05, 0.1) is 32.0 Å². The first kappa shape index (κ1) is 18.6. The van der Waals surface area contributed by atoms with Crippen LogP contribution >= 0.6 is 0 Å². The quantitative estimate of drug-likeness (QED) is 0.816. The average molecular weight is 353 g/mol. The van der Waals surface area contributed by atoms with Crippen LogP contribution in [0.4, 0.5) is 4.39 Å². The first-order valence-corrected chi connectivity index (χ1v) is 8.96. The maximum atomic E-state index is 14.2. The molecular formula is C19H28FNO4. The summed E-state index contributed by atoms with van der Waals surface area (Å²) < 4.78 is 31.2. The molecule has 1 aliphatic carbocycles. The van der Waals surface area contributed by atoms with Crippen LogP contribution in [0.25, 0.3) is 0 Å². The molecule has 3 rings (SSSR count). The molecule has 3 atom stereocenters. The standard InChI is InChI=1S/C19H28FNO4/c1-23-15-3-4-17(20)14(11-15)13-21-8-7-19(24-2)6-5-16(12-18(19)21)25-10-9-22/h3-4,11,16,18,22H,5-10,12-13H2,1-2H3/t16?,18?,19-/m1/s1. The highest BCUT2D eigenvalue weighted by molar-refractivity contribution is 5.30. The minimum absolute atomic E-state index is 0.0370. The minimum atomic E-state index is -0.209. The van der Waals surface area contributed by atoms with Crippen molar-refractivity contribution in [3.8, 4) is 5.75 Å². The molecule has 1 N–H and O–H groups in total. The van der Waals surface area contributed by atoms with Gasteiger partial charge < -0.3 is 19.3 Å². The molecule has 0 bridgehead atoms. The zero-order valence-electron chi connectivity index (χ0n) is 15.0. The van der Waals surface area contributed by atoms with Crippen molar-refractivity contribution in [1.82, 2.24) is 4.90 Å². The number of hydrogen-bond acceptors (Lipinski definition) is 5. The van der Waals surface area contributed by atoms with Gasteiger partial charge in [0, 0.05) is 31.8 Å². The summed E-state index contributed by atoms with van der Waals surface area (Å²) >= 11 is 0. The largest absolute Gasteiger partial charge is 0.497 e. The number of hydrogen-bond donors (Lipinski definition) is 1. The number of nitrogens with zero attached hydrogens (tertiary/aromatic N) is 1. The molecule has 0 aromatic heterocycles. The molecular weight excluding hydrogens is 325 g/mol. The summed E-state index contributed by atoms with van der Waals surface area (Å²) in [6, 6.07) is 5.06. The number of aliphatic hydroxyl groups excluding tert-OH is 1. The third-order valence-corrected chi connectivity index (χ3v) is 5.72. The molecule has 5 nitrogen and oxygen atoms in total. The van der Waals surface area contributed by atoms with E-state index < -0.39 is 0 Å². The number of benzene rings is 1. The van der Waals surface area contributed by atoms with Crippen molar-refractivity contribution in [3.63, 3.8) is 0 Å². The fourth-order valence-corrected chi connectivity index (χ4v) is 4.33. The number of aliphatic hydroxyl groups is 1. The lowest BCUT2D eigenvalue weighted by atomic mass is 9.79. The second-order valence-electron chi connectivity index (χ2n) is 6.95. The van der Waals surface area contributed by atoms with E-state index in [1.165, 1.54) is 6.07 Å². The molecule has 140 valence electrons. The van der Waals surface area contributed by atoms with Crippen molar-refractivity contribution < 1.29 is 23.7 Å². The van der Waals surface area contributed by atoms with Gasteiger partial charge in [0.25, 0.3) is 0 Å². The number of ether oxygens (including phenoxy) is 3. The molecule has 1 aromatic rings. The van der Waals surface area contributed by atoms with Crippen LogP contribution in [0, 0.1) is 5.82 Å². The van der Waals surface area contributed by atoms with Gasteiger partial charge in [0.15, 0.2) is 0 Å². The summed E-state index contributed by atoms with van der Waals surface area (Å²) in [5.41, 5.74) is 0.471. The number of likely N-dealkylation sites (tertiary alicyclic amines) is 1. The van der Waals surface area contributed by atoms with Crippen molar-refractivity contribution >= 4 is 0 Å². The molecule has 1 saturated heterocycles. The van der Waals surface area contributed by atoms with Crippen LogP contribution in [0.3, 0.4) is 0 Å². The van der Waals surface area contributed by atoms with Gasteiger partial charge in [-0.2, -0.15) is 0 Å². The molecule has 1 aromatic carbocycles. The van der Waals surface area contributed by atoms with E-state index in [1.807, 2.05) is 0 Å². The van der Waals surface area contributed by atoms with Crippen molar-refractivity contribution in [2.45, 2.75) is 50.0 Å². The van der Waals surface area contributed by atoms with Gasteiger partial charge in [-0.15, -0.1) is 0 Å². The van der Waals surface area contributed by atoms with E-state index in [-0.39, 0.29) is 30.2 Å². The Kier molecular flexibility index (Phi) is 5.94. The van der Waals surface area contributed by atoms with Crippen molar-refractivity contribution in [2.75, 3.05) is 34.0 Å². The second-order valence-corrected chi connectivity index (χ2v) is 6.95. The fraction of sp³-hybridized carbons (Fsp3) is 0.684. The highest BCUT2D eigenvalue weighted by Gasteiger charge is 2.51. The smallest absolute Gasteiger partial charge is 0.127 e. The van der Waals surface area contributed by atoms with Gasteiger partial charge in [0.2, 0.25) is 0 Å². The maximum absolute atomic E-state index is 14.2. The van der Waals surface area contributed by atoms with Gasteiger partial charge in [-0.3, -0.25) is 4.90 Å². The highest BCUT2D eigenvalue weighted by Crippen LogP contribution is 2.43. The minimum Gasteiger partial charge on any atom is -0.497 e. The molecule has 0 radical (unpaired) electrons. The molecule has 1 aliphatic heterocycles. The lowest BCUT2D eigenvalue weighted by molar-refractivity contribution is -0.104. The van der Waals surface area contributed by atoms with Gasteiger partial charge in [-0.25, -0.2) is 4.39 Å². The normalized spacial score (nSPS) is 29.6. The topological polar surface area (TPSA) is 51.2 Å². The first-order valence-electron chi connectivity index (χ1n) is 8.96. The first-order chi connectivity index (χ1) is 12.1. The van der Waals surface area contributed by atoms with E-state index in [4.69, 9.17) is 19.3 Å². The Morgan fingerprint density at radius 1 is 1.32 bits per heavy atom. The van der Waals surface area contributed by atoms with Crippen LogP contribution in [0.1, 0.15) is 31.2 Å². The Morgan fingerprint density at radius 2 is 2.16 bits per heavy atom. The Balaban J connectivity index is 1.75. The van der Waals surface area contributed by atoms with Gasteiger partial charge in [0.1, 0.15) is 11.6 Å². The summed E-state index contributed by atoms with van der Waals surface area (Å²) in [6.45, 7) is 1.81. The van der Waals surface area contributed by atoms with E-state index in [9.17, 15) is 4.39 Å². The Bertz CT molecular complexity index is 585.